The Hall–Kier alpha value is -1.68. The molecule has 2 aliphatic heterocycles. The summed E-state index contributed by atoms with van der Waals surface area (Å²) in [7, 11) is -3.63. The molecule has 2 N–H and O–H groups in total. The highest BCUT2D eigenvalue weighted by atomic mass is 32.2. The summed E-state index contributed by atoms with van der Waals surface area (Å²) in [5.74, 6) is 0.170. The van der Waals surface area contributed by atoms with Crippen molar-refractivity contribution in [1.82, 2.24) is 9.21 Å². The van der Waals surface area contributed by atoms with Gasteiger partial charge in [-0.15, -0.1) is 0 Å². The van der Waals surface area contributed by atoms with Crippen LogP contribution in [0.4, 0.5) is 5.69 Å². The van der Waals surface area contributed by atoms with Gasteiger partial charge in [0.25, 0.3) is 5.91 Å². The molecule has 1 fully saturated rings. The van der Waals surface area contributed by atoms with E-state index in [1.807, 2.05) is 4.90 Å². The Morgan fingerprint density at radius 3 is 2.67 bits per heavy atom. The van der Waals surface area contributed by atoms with Crippen molar-refractivity contribution in [3.8, 4) is 5.75 Å². The fourth-order valence-corrected chi connectivity index (χ4v) is 4.28. The number of rotatable bonds is 4. The smallest absolute Gasteiger partial charge is 0.265 e. The minimum absolute atomic E-state index is 0.0652. The molecule has 1 aromatic rings. The molecule has 9 heteroatoms. The highest BCUT2D eigenvalue weighted by molar-refractivity contribution is 7.89. The lowest BCUT2D eigenvalue weighted by molar-refractivity contribution is -0.122. The molecule has 24 heavy (non-hydrogen) atoms. The molecule has 2 heterocycles. The van der Waals surface area contributed by atoms with Gasteiger partial charge in [0.05, 0.1) is 17.2 Å². The van der Waals surface area contributed by atoms with Crippen LogP contribution in [0.1, 0.15) is 6.92 Å². The minimum atomic E-state index is -3.63. The van der Waals surface area contributed by atoms with Gasteiger partial charge < -0.3 is 15.2 Å². The largest absolute Gasteiger partial charge is 0.479 e. The van der Waals surface area contributed by atoms with Crippen LogP contribution >= 0.6 is 0 Å². The van der Waals surface area contributed by atoms with Crippen LogP contribution in [0.15, 0.2) is 23.1 Å². The summed E-state index contributed by atoms with van der Waals surface area (Å²) in [4.78, 5) is 13.9. The Bertz CT molecular complexity index is 729. The molecular weight excluding hydrogens is 334 g/mol. The lowest BCUT2D eigenvalue weighted by atomic mass is 10.2. The maximum Gasteiger partial charge on any atom is 0.265 e. The van der Waals surface area contributed by atoms with Crippen molar-refractivity contribution < 1.29 is 23.1 Å². The first-order chi connectivity index (χ1) is 11.4. The van der Waals surface area contributed by atoms with Gasteiger partial charge >= 0.3 is 0 Å². The van der Waals surface area contributed by atoms with Crippen LogP contribution in [0.3, 0.4) is 0 Å². The fourth-order valence-electron chi connectivity index (χ4n) is 2.83. The lowest BCUT2D eigenvalue weighted by Gasteiger charge is -2.33. The number of fused-ring (bicyclic) bond motifs is 1. The third kappa shape index (κ3) is 3.25. The topological polar surface area (TPSA) is 99.2 Å². The first kappa shape index (κ1) is 17.2. The molecule has 0 aromatic heterocycles. The van der Waals surface area contributed by atoms with Crippen molar-refractivity contribution in [2.75, 3.05) is 44.6 Å². The number of aliphatic hydroxyl groups is 1. The number of nitrogens with one attached hydrogen (secondary N) is 1. The molecule has 0 aliphatic carbocycles. The summed E-state index contributed by atoms with van der Waals surface area (Å²) < 4.78 is 32.5. The molecule has 132 valence electrons. The van der Waals surface area contributed by atoms with Gasteiger partial charge in [0, 0.05) is 32.7 Å². The van der Waals surface area contributed by atoms with E-state index in [2.05, 4.69) is 5.32 Å². The molecule has 1 atom stereocenters. The predicted molar refractivity (Wildman–Crippen MR) is 87.4 cm³/mol. The van der Waals surface area contributed by atoms with E-state index in [0.29, 0.717) is 44.2 Å². The third-order valence-corrected chi connectivity index (χ3v) is 6.16. The number of ether oxygens (including phenoxy) is 1. The van der Waals surface area contributed by atoms with E-state index in [9.17, 15) is 13.2 Å². The Labute approximate surface area is 141 Å². The first-order valence-corrected chi connectivity index (χ1v) is 9.31. The van der Waals surface area contributed by atoms with Crippen LogP contribution in [0.2, 0.25) is 0 Å². The highest BCUT2D eigenvalue weighted by Crippen LogP contribution is 2.32. The molecule has 1 saturated heterocycles. The van der Waals surface area contributed by atoms with Crippen LogP contribution in [0.5, 0.6) is 5.75 Å². The third-order valence-electron chi connectivity index (χ3n) is 4.27. The van der Waals surface area contributed by atoms with Crippen molar-refractivity contribution >= 4 is 21.6 Å². The minimum Gasteiger partial charge on any atom is -0.479 e. The highest BCUT2D eigenvalue weighted by Gasteiger charge is 2.30. The normalized spacial score (nSPS) is 22.6. The van der Waals surface area contributed by atoms with Crippen molar-refractivity contribution in [1.29, 1.82) is 0 Å². The quantitative estimate of drug-likeness (QED) is 0.770. The lowest BCUT2D eigenvalue weighted by Crippen LogP contribution is -2.49. The number of piperazine rings is 1. The summed E-state index contributed by atoms with van der Waals surface area (Å²) in [5.41, 5.74) is 0.373. The number of sulfonamides is 1. The molecule has 3 rings (SSSR count). The summed E-state index contributed by atoms with van der Waals surface area (Å²) in [5, 5.41) is 11.6. The molecule has 1 unspecified atom stereocenters. The molecule has 2 aliphatic rings. The van der Waals surface area contributed by atoms with E-state index >= 15 is 0 Å². The zero-order valence-electron chi connectivity index (χ0n) is 13.4. The van der Waals surface area contributed by atoms with Gasteiger partial charge in [0.15, 0.2) is 6.10 Å². The maximum absolute atomic E-state index is 12.8. The SMILES string of the molecule is CC1Oc2ccc(S(=O)(=O)N3CCN(CCO)CC3)cc2NC1=O. The molecule has 0 radical (unpaired) electrons. The fraction of sp³-hybridized carbons (Fsp3) is 0.533. The molecular formula is C15H21N3O5S. The van der Waals surface area contributed by atoms with Crippen molar-refractivity contribution in [3.05, 3.63) is 18.2 Å². The summed E-state index contributed by atoms with van der Waals surface area (Å²) in [6.45, 7) is 4.17. The zero-order chi connectivity index (χ0) is 17.3. The van der Waals surface area contributed by atoms with Gasteiger partial charge in [-0.3, -0.25) is 9.69 Å². The zero-order valence-corrected chi connectivity index (χ0v) is 14.3. The van der Waals surface area contributed by atoms with E-state index in [0.717, 1.165) is 0 Å². The standard InChI is InChI=1S/C15H21N3O5S/c1-11-15(20)16-13-10-12(2-3-14(13)23-11)24(21,22)18-6-4-17(5-7-18)8-9-19/h2-3,10-11,19H,4-9H2,1H3,(H,16,20). The van der Waals surface area contributed by atoms with Crippen molar-refractivity contribution in [2.24, 2.45) is 0 Å². The monoisotopic (exact) mass is 355 g/mol. The predicted octanol–water partition coefficient (Wildman–Crippen LogP) is -0.295. The number of β-amino-alcohol motifs (C(OH)–C–C–N with tert-alkyl or cyclic N) is 1. The van der Waals surface area contributed by atoms with Gasteiger partial charge in [-0.2, -0.15) is 4.31 Å². The molecule has 1 amide bonds. The number of amides is 1. The Balaban J connectivity index is 1.79. The van der Waals surface area contributed by atoms with E-state index in [1.54, 1.807) is 13.0 Å². The summed E-state index contributed by atoms with van der Waals surface area (Å²) >= 11 is 0. The number of benzene rings is 1. The number of anilines is 1. The average molecular weight is 355 g/mol. The number of nitrogens with zero attached hydrogens (tertiary/aromatic N) is 2. The number of carbonyl (C=O) groups excluding carboxylic acids is 1. The second-order valence-electron chi connectivity index (χ2n) is 5.88. The van der Waals surface area contributed by atoms with Crippen LogP contribution in [-0.2, 0) is 14.8 Å². The van der Waals surface area contributed by atoms with E-state index in [4.69, 9.17) is 9.84 Å². The number of hydrogen-bond acceptors (Lipinski definition) is 6. The number of carbonyl (C=O) groups is 1. The first-order valence-electron chi connectivity index (χ1n) is 7.87. The Morgan fingerprint density at radius 1 is 1.29 bits per heavy atom. The van der Waals surface area contributed by atoms with Crippen LogP contribution < -0.4 is 10.1 Å². The van der Waals surface area contributed by atoms with Gasteiger partial charge in [-0.05, 0) is 25.1 Å². The van der Waals surface area contributed by atoms with Gasteiger partial charge in [-0.25, -0.2) is 8.42 Å². The maximum atomic E-state index is 12.8. The number of aliphatic hydroxyl groups excluding tert-OH is 1. The second-order valence-corrected chi connectivity index (χ2v) is 7.81. The van der Waals surface area contributed by atoms with Crippen molar-refractivity contribution in [2.45, 2.75) is 17.9 Å². The molecule has 0 saturated carbocycles. The van der Waals surface area contributed by atoms with Crippen LogP contribution in [0.25, 0.3) is 0 Å². The average Bonchev–Trinajstić information content (AvgIpc) is 2.56. The Kier molecular flexibility index (Phi) is 4.77. The van der Waals surface area contributed by atoms with Crippen LogP contribution in [0, 0.1) is 0 Å². The van der Waals surface area contributed by atoms with E-state index in [1.165, 1.54) is 16.4 Å². The Morgan fingerprint density at radius 2 is 2.00 bits per heavy atom. The van der Waals surface area contributed by atoms with Gasteiger partial charge in [-0.1, -0.05) is 0 Å². The van der Waals surface area contributed by atoms with Crippen LogP contribution in [-0.4, -0.2) is 74.1 Å². The molecule has 0 bridgehead atoms. The summed E-state index contributed by atoms with van der Waals surface area (Å²) in [6, 6.07) is 4.51. The molecule has 8 nitrogen and oxygen atoms in total. The molecule has 1 aromatic carbocycles. The number of hydrogen-bond donors (Lipinski definition) is 2. The van der Waals surface area contributed by atoms with Gasteiger partial charge in [0.1, 0.15) is 5.75 Å². The van der Waals surface area contributed by atoms with E-state index < -0.39 is 16.1 Å². The van der Waals surface area contributed by atoms with Gasteiger partial charge in [0.2, 0.25) is 10.0 Å². The second kappa shape index (κ2) is 6.67. The van der Waals surface area contributed by atoms with Crippen molar-refractivity contribution in [3.63, 3.8) is 0 Å². The molecule has 0 spiro atoms. The van der Waals surface area contributed by atoms with E-state index in [-0.39, 0.29) is 17.4 Å². The summed E-state index contributed by atoms with van der Waals surface area (Å²) in [6.07, 6.45) is -0.598.